The highest BCUT2D eigenvalue weighted by atomic mass is 35.5. The van der Waals surface area contributed by atoms with Gasteiger partial charge in [0.1, 0.15) is 0 Å². The van der Waals surface area contributed by atoms with Crippen molar-refractivity contribution >= 4 is 18.3 Å². The molecule has 4 nitrogen and oxygen atoms in total. The van der Waals surface area contributed by atoms with E-state index in [4.69, 9.17) is 10.5 Å². The van der Waals surface area contributed by atoms with Gasteiger partial charge in [0.15, 0.2) is 0 Å². The lowest BCUT2D eigenvalue weighted by atomic mass is 9.98. The molecule has 0 aliphatic heterocycles. The number of benzene rings is 1. The number of halogens is 1. The van der Waals surface area contributed by atoms with Crippen LogP contribution in [-0.2, 0) is 9.53 Å². The van der Waals surface area contributed by atoms with Crippen molar-refractivity contribution in [1.29, 1.82) is 0 Å². The third-order valence-electron chi connectivity index (χ3n) is 2.50. The van der Waals surface area contributed by atoms with Crippen LogP contribution in [0.15, 0.2) is 30.3 Å². The van der Waals surface area contributed by atoms with Crippen LogP contribution in [0.1, 0.15) is 18.4 Å². The second kappa shape index (κ2) is 9.88. The molecule has 0 aliphatic carbocycles. The average Bonchev–Trinajstić information content (AvgIpc) is 2.37. The first-order chi connectivity index (χ1) is 8.29. The molecule has 1 amide bonds. The largest absolute Gasteiger partial charge is 0.380 e. The monoisotopic (exact) mass is 272 g/mol. The molecule has 0 fully saturated rings. The zero-order valence-electron chi connectivity index (χ0n) is 10.6. The number of nitrogens with two attached hydrogens (primary N) is 1. The summed E-state index contributed by atoms with van der Waals surface area (Å²) in [4.78, 5) is 11.9. The maximum atomic E-state index is 11.9. The molecule has 0 radical (unpaired) electrons. The van der Waals surface area contributed by atoms with Crippen molar-refractivity contribution in [2.45, 2.75) is 12.8 Å². The van der Waals surface area contributed by atoms with Gasteiger partial charge in [0, 0.05) is 19.7 Å². The van der Waals surface area contributed by atoms with E-state index in [0.717, 1.165) is 5.56 Å². The number of carbonyl (C=O) groups is 1. The van der Waals surface area contributed by atoms with Gasteiger partial charge in [-0.25, -0.2) is 0 Å². The third kappa shape index (κ3) is 5.49. The Labute approximate surface area is 114 Å². The van der Waals surface area contributed by atoms with Crippen LogP contribution < -0.4 is 11.1 Å². The first kappa shape index (κ1) is 16.9. The second-order valence-electron chi connectivity index (χ2n) is 3.69. The van der Waals surface area contributed by atoms with Crippen molar-refractivity contribution in [3.63, 3.8) is 0 Å². The highest BCUT2D eigenvalue weighted by Gasteiger charge is 2.17. The van der Waals surface area contributed by atoms with Gasteiger partial charge in [0.2, 0.25) is 5.91 Å². The minimum absolute atomic E-state index is 0. The number of hydrogen-bond acceptors (Lipinski definition) is 3. The summed E-state index contributed by atoms with van der Waals surface area (Å²) in [7, 11) is 0. The quantitative estimate of drug-likeness (QED) is 0.736. The summed E-state index contributed by atoms with van der Waals surface area (Å²) in [6.07, 6.45) is 0. The fourth-order valence-corrected chi connectivity index (χ4v) is 1.59. The van der Waals surface area contributed by atoms with Crippen LogP contribution in [0.5, 0.6) is 0 Å². The Morgan fingerprint density at radius 1 is 1.39 bits per heavy atom. The summed E-state index contributed by atoms with van der Waals surface area (Å²) in [5.74, 6) is -0.323. The van der Waals surface area contributed by atoms with Gasteiger partial charge in [-0.3, -0.25) is 4.79 Å². The number of rotatable bonds is 7. The Balaban J connectivity index is 0.00000289. The van der Waals surface area contributed by atoms with Gasteiger partial charge in [-0.1, -0.05) is 30.3 Å². The molecule has 18 heavy (non-hydrogen) atoms. The fraction of sp³-hybridized carbons (Fsp3) is 0.462. The fourth-order valence-electron chi connectivity index (χ4n) is 1.59. The van der Waals surface area contributed by atoms with E-state index >= 15 is 0 Å². The highest BCUT2D eigenvalue weighted by molar-refractivity contribution is 5.85. The van der Waals surface area contributed by atoms with Gasteiger partial charge in [-0.05, 0) is 12.5 Å². The van der Waals surface area contributed by atoms with Crippen molar-refractivity contribution in [3.8, 4) is 0 Å². The Morgan fingerprint density at radius 3 is 2.61 bits per heavy atom. The molecule has 1 rings (SSSR count). The van der Waals surface area contributed by atoms with Crippen LogP contribution in [-0.4, -0.2) is 32.2 Å². The number of ether oxygens (including phenoxy) is 1. The molecule has 1 aromatic rings. The van der Waals surface area contributed by atoms with E-state index in [9.17, 15) is 4.79 Å². The van der Waals surface area contributed by atoms with Crippen LogP contribution >= 0.6 is 12.4 Å². The third-order valence-corrected chi connectivity index (χ3v) is 2.50. The molecule has 102 valence electrons. The normalized spacial score (nSPS) is 11.4. The smallest absolute Gasteiger partial charge is 0.228 e. The van der Waals surface area contributed by atoms with E-state index in [0.29, 0.717) is 26.3 Å². The molecule has 0 bridgehead atoms. The molecule has 0 aromatic heterocycles. The SMILES string of the molecule is CCOCCNC(=O)C(CN)c1ccccc1.Cl. The molecule has 0 saturated heterocycles. The standard InChI is InChI=1S/C13H20N2O2.ClH/c1-2-17-9-8-15-13(16)12(10-14)11-6-4-3-5-7-11;/h3-7,12H,2,8-10,14H2,1H3,(H,15,16);1H. The Kier molecular flexibility index (Phi) is 9.28. The summed E-state index contributed by atoms with van der Waals surface area (Å²) in [5, 5.41) is 2.82. The minimum atomic E-state index is -0.280. The molecule has 0 spiro atoms. The van der Waals surface area contributed by atoms with E-state index in [1.807, 2.05) is 37.3 Å². The Morgan fingerprint density at radius 2 is 2.06 bits per heavy atom. The summed E-state index contributed by atoms with van der Waals surface area (Å²) in [6.45, 7) is 3.96. The van der Waals surface area contributed by atoms with E-state index in [-0.39, 0.29) is 24.2 Å². The number of carbonyl (C=O) groups excluding carboxylic acids is 1. The Hall–Kier alpha value is -1.10. The van der Waals surface area contributed by atoms with E-state index < -0.39 is 0 Å². The maximum Gasteiger partial charge on any atom is 0.228 e. The van der Waals surface area contributed by atoms with E-state index in [2.05, 4.69) is 5.32 Å². The predicted octanol–water partition coefficient (Wildman–Crippen LogP) is 1.30. The molecular formula is C13H21ClN2O2. The first-order valence-electron chi connectivity index (χ1n) is 5.90. The van der Waals surface area contributed by atoms with Gasteiger partial charge in [0.05, 0.1) is 12.5 Å². The van der Waals surface area contributed by atoms with Crippen LogP contribution in [0.25, 0.3) is 0 Å². The number of amides is 1. The zero-order chi connectivity index (χ0) is 12.5. The van der Waals surface area contributed by atoms with Crippen molar-refractivity contribution < 1.29 is 9.53 Å². The van der Waals surface area contributed by atoms with E-state index in [1.54, 1.807) is 0 Å². The lowest BCUT2D eigenvalue weighted by Crippen LogP contribution is -2.35. The maximum absolute atomic E-state index is 11.9. The number of hydrogen-bond donors (Lipinski definition) is 2. The molecule has 0 saturated carbocycles. The average molecular weight is 273 g/mol. The van der Waals surface area contributed by atoms with Crippen LogP contribution in [0.2, 0.25) is 0 Å². The summed E-state index contributed by atoms with van der Waals surface area (Å²) < 4.78 is 5.16. The lowest BCUT2D eigenvalue weighted by molar-refractivity contribution is -0.122. The second-order valence-corrected chi connectivity index (χ2v) is 3.69. The van der Waals surface area contributed by atoms with Crippen molar-refractivity contribution in [2.24, 2.45) is 5.73 Å². The summed E-state index contributed by atoms with van der Waals surface area (Å²) >= 11 is 0. The van der Waals surface area contributed by atoms with Gasteiger partial charge in [-0.2, -0.15) is 0 Å². The lowest BCUT2D eigenvalue weighted by Gasteiger charge is -2.15. The van der Waals surface area contributed by atoms with Crippen LogP contribution in [0.3, 0.4) is 0 Å². The molecular weight excluding hydrogens is 252 g/mol. The van der Waals surface area contributed by atoms with Gasteiger partial charge >= 0.3 is 0 Å². The molecule has 0 aliphatic rings. The predicted molar refractivity (Wildman–Crippen MR) is 75.0 cm³/mol. The minimum Gasteiger partial charge on any atom is -0.380 e. The van der Waals surface area contributed by atoms with Crippen molar-refractivity contribution in [3.05, 3.63) is 35.9 Å². The first-order valence-corrected chi connectivity index (χ1v) is 5.90. The summed E-state index contributed by atoms with van der Waals surface area (Å²) in [5.41, 5.74) is 6.59. The van der Waals surface area contributed by atoms with Crippen molar-refractivity contribution in [1.82, 2.24) is 5.32 Å². The molecule has 1 aromatic carbocycles. The topological polar surface area (TPSA) is 64.3 Å². The number of nitrogens with one attached hydrogen (secondary N) is 1. The molecule has 3 N–H and O–H groups in total. The van der Waals surface area contributed by atoms with Crippen LogP contribution in [0, 0.1) is 0 Å². The van der Waals surface area contributed by atoms with Gasteiger partial charge in [0.25, 0.3) is 0 Å². The zero-order valence-corrected chi connectivity index (χ0v) is 11.4. The van der Waals surface area contributed by atoms with Crippen LogP contribution in [0.4, 0.5) is 0 Å². The van der Waals surface area contributed by atoms with Gasteiger partial charge in [-0.15, -0.1) is 12.4 Å². The molecule has 1 unspecified atom stereocenters. The van der Waals surface area contributed by atoms with E-state index in [1.165, 1.54) is 0 Å². The highest BCUT2D eigenvalue weighted by Crippen LogP contribution is 2.13. The molecule has 0 heterocycles. The van der Waals surface area contributed by atoms with Gasteiger partial charge < -0.3 is 15.8 Å². The van der Waals surface area contributed by atoms with Crippen molar-refractivity contribution in [2.75, 3.05) is 26.3 Å². The molecule has 5 heteroatoms. The summed E-state index contributed by atoms with van der Waals surface area (Å²) in [6, 6.07) is 9.57. The Bertz CT molecular complexity index is 333. The molecule has 1 atom stereocenters.